The fourth-order valence-corrected chi connectivity index (χ4v) is 3.89. The van der Waals surface area contributed by atoms with Crippen LogP contribution in [0.25, 0.3) is 16.9 Å². The molecular formula is C22H24ClN3O3. The Hall–Kier alpha value is -2.86. The standard InChI is InChI=1S/C22H24ClN3O3/c1-27-18-10-8-15(23)13-17(18)26-22-16(6-4-5-11-24-22)21(25-26)14-7-9-19(28-2)20(12-14)29-3/h7-10,12-13,24H,4-6,11H2,1-3H3. The Labute approximate surface area is 175 Å². The highest BCUT2D eigenvalue weighted by Gasteiger charge is 2.24. The maximum atomic E-state index is 6.29. The molecule has 0 saturated carbocycles. The molecule has 6 nitrogen and oxygen atoms in total. The van der Waals surface area contributed by atoms with Gasteiger partial charge in [-0.15, -0.1) is 0 Å². The van der Waals surface area contributed by atoms with Crippen LogP contribution in [0.2, 0.25) is 5.02 Å². The van der Waals surface area contributed by atoms with Gasteiger partial charge in [-0.05, 0) is 55.7 Å². The zero-order valence-corrected chi connectivity index (χ0v) is 17.5. The number of benzene rings is 2. The van der Waals surface area contributed by atoms with Crippen molar-refractivity contribution in [2.75, 3.05) is 33.2 Å². The molecule has 7 heteroatoms. The summed E-state index contributed by atoms with van der Waals surface area (Å²) in [6.45, 7) is 0.896. The van der Waals surface area contributed by atoms with E-state index in [9.17, 15) is 0 Å². The molecule has 0 aliphatic carbocycles. The van der Waals surface area contributed by atoms with Gasteiger partial charge in [0.25, 0.3) is 0 Å². The highest BCUT2D eigenvalue weighted by atomic mass is 35.5. The van der Waals surface area contributed by atoms with Crippen LogP contribution in [0.5, 0.6) is 17.2 Å². The van der Waals surface area contributed by atoms with Crippen LogP contribution < -0.4 is 19.5 Å². The number of ether oxygens (including phenoxy) is 3. The number of hydrogen-bond donors (Lipinski definition) is 1. The Balaban J connectivity index is 1.92. The lowest BCUT2D eigenvalue weighted by atomic mass is 10.0. The molecule has 4 rings (SSSR count). The first-order valence-electron chi connectivity index (χ1n) is 9.58. The predicted octanol–water partition coefficient (Wildman–Crippen LogP) is 4.97. The van der Waals surface area contributed by atoms with Crippen molar-refractivity contribution in [3.05, 3.63) is 47.0 Å². The first-order valence-corrected chi connectivity index (χ1v) is 9.96. The van der Waals surface area contributed by atoms with Crippen LogP contribution in [0.15, 0.2) is 36.4 Å². The van der Waals surface area contributed by atoms with Crippen LogP contribution in [-0.4, -0.2) is 37.7 Å². The molecule has 1 aromatic heterocycles. The Kier molecular flexibility index (Phi) is 5.53. The fourth-order valence-electron chi connectivity index (χ4n) is 3.72. The summed E-state index contributed by atoms with van der Waals surface area (Å²) in [5, 5.41) is 9.15. The average Bonchev–Trinajstić information content (AvgIpc) is 2.93. The Bertz CT molecular complexity index is 1030. The average molecular weight is 414 g/mol. The van der Waals surface area contributed by atoms with Crippen molar-refractivity contribution in [3.63, 3.8) is 0 Å². The van der Waals surface area contributed by atoms with Crippen molar-refractivity contribution in [2.45, 2.75) is 19.3 Å². The second-order valence-electron chi connectivity index (χ2n) is 6.86. The monoisotopic (exact) mass is 413 g/mol. The number of fused-ring (bicyclic) bond motifs is 1. The third-order valence-corrected chi connectivity index (χ3v) is 5.39. The molecule has 0 saturated heterocycles. The van der Waals surface area contributed by atoms with Gasteiger partial charge in [0, 0.05) is 22.7 Å². The zero-order valence-electron chi connectivity index (χ0n) is 16.8. The Morgan fingerprint density at radius 2 is 1.69 bits per heavy atom. The third-order valence-electron chi connectivity index (χ3n) is 5.16. The maximum Gasteiger partial charge on any atom is 0.161 e. The lowest BCUT2D eigenvalue weighted by Gasteiger charge is -2.13. The molecular weight excluding hydrogens is 390 g/mol. The van der Waals surface area contributed by atoms with E-state index >= 15 is 0 Å². The minimum absolute atomic E-state index is 0.631. The van der Waals surface area contributed by atoms with Crippen LogP contribution in [0.1, 0.15) is 18.4 Å². The number of aromatic nitrogens is 2. The predicted molar refractivity (Wildman–Crippen MR) is 115 cm³/mol. The number of anilines is 1. The van der Waals surface area contributed by atoms with Gasteiger partial charge in [-0.25, -0.2) is 4.68 Å². The lowest BCUT2D eigenvalue weighted by Crippen LogP contribution is -2.08. The molecule has 0 fully saturated rings. The van der Waals surface area contributed by atoms with E-state index in [1.165, 1.54) is 5.56 Å². The summed E-state index contributed by atoms with van der Waals surface area (Å²) in [5.74, 6) is 3.06. The smallest absolute Gasteiger partial charge is 0.161 e. The maximum absolute atomic E-state index is 6.29. The van der Waals surface area contributed by atoms with Gasteiger partial charge in [-0.1, -0.05) is 11.6 Å². The minimum Gasteiger partial charge on any atom is -0.494 e. The summed E-state index contributed by atoms with van der Waals surface area (Å²) < 4.78 is 18.4. The van der Waals surface area contributed by atoms with E-state index in [4.69, 9.17) is 30.9 Å². The normalized spacial score (nSPS) is 13.2. The molecule has 29 heavy (non-hydrogen) atoms. The lowest BCUT2D eigenvalue weighted by molar-refractivity contribution is 0.355. The second-order valence-corrected chi connectivity index (χ2v) is 7.29. The quantitative estimate of drug-likeness (QED) is 0.640. The molecule has 0 radical (unpaired) electrons. The van der Waals surface area contributed by atoms with Gasteiger partial charge in [0.1, 0.15) is 17.3 Å². The number of halogens is 1. The van der Waals surface area contributed by atoms with E-state index < -0.39 is 0 Å². The number of rotatable bonds is 5. The van der Waals surface area contributed by atoms with Crippen molar-refractivity contribution in [3.8, 4) is 34.2 Å². The molecule has 152 valence electrons. The molecule has 2 heterocycles. The Morgan fingerprint density at radius 3 is 2.45 bits per heavy atom. The molecule has 0 bridgehead atoms. The van der Waals surface area contributed by atoms with Crippen molar-refractivity contribution >= 4 is 17.4 Å². The number of nitrogens with zero attached hydrogens (tertiary/aromatic N) is 2. The van der Waals surface area contributed by atoms with Gasteiger partial charge >= 0.3 is 0 Å². The van der Waals surface area contributed by atoms with Crippen LogP contribution in [0.3, 0.4) is 0 Å². The highest BCUT2D eigenvalue weighted by molar-refractivity contribution is 6.30. The molecule has 1 N–H and O–H groups in total. The summed E-state index contributed by atoms with van der Waals surface area (Å²) in [7, 11) is 4.92. The van der Waals surface area contributed by atoms with Gasteiger partial charge < -0.3 is 19.5 Å². The van der Waals surface area contributed by atoms with Gasteiger partial charge in [-0.2, -0.15) is 5.10 Å². The van der Waals surface area contributed by atoms with Crippen molar-refractivity contribution in [1.82, 2.24) is 9.78 Å². The topological polar surface area (TPSA) is 57.5 Å². The summed E-state index contributed by atoms with van der Waals surface area (Å²) >= 11 is 6.29. The van der Waals surface area contributed by atoms with Gasteiger partial charge in [0.05, 0.1) is 27.0 Å². The van der Waals surface area contributed by atoms with E-state index in [-0.39, 0.29) is 0 Å². The summed E-state index contributed by atoms with van der Waals surface area (Å²) in [4.78, 5) is 0. The van der Waals surface area contributed by atoms with E-state index in [0.717, 1.165) is 48.6 Å². The molecule has 0 unspecified atom stereocenters. The van der Waals surface area contributed by atoms with Gasteiger partial charge in [-0.3, -0.25) is 0 Å². The summed E-state index contributed by atoms with van der Waals surface area (Å²) in [5.41, 5.74) is 3.87. The highest BCUT2D eigenvalue weighted by Crippen LogP contribution is 2.39. The molecule has 2 aromatic carbocycles. The minimum atomic E-state index is 0.631. The molecule has 0 atom stereocenters. The van der Waals surface area contributed by atoms with E-state index in [2.05, 4.69) is 5.32 Å². The Morgan fingerprint density at radius 1 is 0.931 bits per heavy atom. The number of nitrogens with one attached hydrogen (secondary N) is 1. The zero-order chi connectivity index (χ0) is 20.4. The van der Waals surface area contributed by atoms with Crippen molar-refractivity contribution in [1.29, 1.82) is 0 Å². The largest absolute Gasteiger partial charge is 0.494 e. The van der Waals surface area contributed by atoms with Crippen molar-refractivity contribution < 1.29 is 14.2 Å². The summed E-state index contributed by atoms with van der Waals surface area (Å²) in [6.07, 6.45) is 3.14. The molecule has 1 aliphatic heterocycles. The summed E-state index contributed by atoms with van der Waals surface area (Å²) in [6, 6.07) is 11.4. The molecule has 1 aliphatic rings. The van der Waals surface area contributed by atoms with E-state index in [0.29, 0.717) is 22.3 Å². The second kappa shape index (κ2) is 8.25. The number of methoxy groups -OCH3 is 3. The first kappa shape index (κ1) is 19.5. The van der Waals surface area contributed by atoms with E-state index in [1.807, 2.05) is 41.1 Å². The van der Waals surface area contributed by atoms with E-state index in [1.54, 1.807) is 21.3 Å². The van der Waals surface area contributed by atoms with Crippen LogP contribution in [-0.2, 0) is 6.42 Å². The molecule has 0 spiro atoms. The van der Waals surface area contributed by atoms with Crippen LogP contribution in [0, 0.1) is 0 Å². The fraction of sp³-hybridized carbons (Fsp3) is 0.318. The third kappa shape index (κ3) is 3.60. The first-order chi connectivity index (χ1) is 14.2. The van der Waals surface area contributed by atoms with Crippen LogP contribution in [0.4, 0.5) is 5.82 Å². The SMILES string of the molecule is COc1ccc(-c2nn(-c3cc(Cl)ccc3OC)c3c2CCCCN3)cc1OC. The molecule has 0 amide bonds. The van der Waals surface area contributed by atoms with Gasteiger partial charge in [0.2, 0.25) is 0 Å². The van der Waals surface area contributed by atoms with Crippen LogP contribution >= 0.6 is 11.6 Å². The van der Waals surface area contributed by atoms with Crippen molar-refractivity contribution in [2.24, 2.45) is 0 Å². The number of hydrogen-bond acceptors (Lipinski definition) is 5. The van der Waals surface area contributed by atoms with Gasteiger partial charge in [0.15, 0.2) is 11.5 Å². The molecule has 3 aromatic rings.